The first kappa shape index (κ1) is 47.8. The Balaban J connectivity index is 1.36. The number of ether oxygens (including phenoxy) is 6. The van der Waals surface area contributed by atoms with Crippen LogP contribution in [0.5, 0.6) is 0 Å². The molecular weight excluding hydrogens is 805 g/mol. The van der Waals surface area contributed by atoms with Crippen LogP contribution in [0.3, 0.4) is 0 Å². The average molecular weight is 879 g/mol. The lowest BCUT2D eigenvalue weighted by Crippen LogP contribution is -2.61. The fraction of sp³-hybridized carbons (Fsp3) is 0.889. The first-order valence-corrected chi connectivity index (χ1v) is 23.3. The molecule has 0 saturated carbocycles. The van der Waals surface area contributed by atoms with Gasteiger partial charge in [-0.3, -0.25) is 4.79 Å². The van der Waals surface area contributed by atoms with Crippen LogP contribution in [0.2, 0.25) is 0 Å². The van der Waals surface area contributed by atoms with Gasteiger partial charge in [0.15, 0.2) is 23.8 Å². The Morgan fingerprint density at radius 3 is 1.90 bits per heavy atom. The fourth-order valence-electron chi connectivity index (χ4n) is 10.6. The average Bonchev–Trinajstić information content (AvgIpc) is 3.84. The Morgan fingerprint density at radius 2 is 1.34 bits per heavy atom. The van der Waals surface area contributed by atoms with Crippen LogP contribution in [0, 0.1) is 28.6 Å². The topological polar surface area (TPSA) is 210 Å². The lowest BCUT2D eigenvalue weighted by atomic mass is 9.73. The van der Waals surface area contributed by atoms with Crippen molar-refractivity contribution in [1.29, 1.82) is 0 Å². The predicted octanol–water partition coefficient (Wildman–Crippen LogP) is 4.89. The second-order valence-corrected chi connectivity index (χ2v) is 20.9. The molecule has 17 atom stereocenters. The highest BCUT2D eigenvalue weighted by Gasteiger charge is 2.73. The third-order valence-electron chi connectivity index (χ3n) is 15.5. The van der Waals surface area contributed by atoms with Gasteiger partial charge in [0.2, 0.25) is 0 Å². The van der Waals surface area contributed by atoms with Crippen molar-refractivity contribution in [2.75, 3.05) is 0 Å². The number of aliphatic hydroxyl groups excluding tert-OH is 2. The number of carbonyl (C=O) groups is 3. The van der Waals surface area contributed by atoms with Gasteiger partial charge < -0.3 is 63.0 Å². The number of aliphatic hydroxyl groups is 2. The minimum atomic E-state index is -3.53. The van der Waals surface area contributed by atoms with Gasteiger partial charge in [0.25, 0.3) is 0 Å². The fourth-order valence-corrected chi connectivity index (χ4v) is 10.6. The van der Waals surface area contributed by atoms with Gasteiger partial charge in [-0.1, -0.05) is 67.5 Å². The van der Waals surface area contributed by atoms with E-state index < -0.39 is 126 Å². The minimum absolute atomic E-state index is 0.142. The molecule has 0 aromatic rings. The summed E-state index contributed by atoms with van der Waals surface area (Å²) in [5, 5.41) is 23.6. The molecule has 0 aromatic heterocycles. The summed E-state index contributed by atoms with van der Waals surface area (Å²) in [6.45, 7) is 15.1. The summed E-state index contributed by atoms with van der Waals surface area (Å²) in [4.78, 5) is 42.9. The van der Waals surface area contributed by atoms with Gasteiger partial charge >= 0.3 is 24.9 Å². The number of hydrogen-bond donors (Lipinski definition) is 3. The van der Waals surface area contributed by atoms with Crippen molar-refractivity contribution in [1.82, 2.24) is 0 Å². The molecule has 0 aliphatic carbocycles. The first-order valence-electron chi connectivity index (χ1n) is 23.3. The summed E-state index contributed by atoms with van der Waals surface area (Å²) < 4.78 is 66.0. The van der Waals surface area contributed by atoms with E-state index in [-0.39, 0.29) is 18.4 Å². The molecule has 62 heavy (non-hydrogen) atoms. The predicted molar refractivity (Wildman–Crippen MR) is 223 cm³/mol. The maximum absolute atomic E-state index is 15.0. The number of nitrogens with two attached hydrogens (primary N) is 1. The second kappa shape index (κ2) is 17.9. The van der Waals surface area contributed by atoms with Crippen LogP contribution in [0.4, 0.5) is 0 Å². The van der Waals surface area contributed by atoms with E-state index in [0.717, 1.165) is 0 Å². The van der Waals surface area contributed by atoms with Gasteiger partial charge in [-0.2, -0.15) is 0 Å². The SMILES string of the molecule is CC(C)[C@@H](N)C(=O)O[C@H](C)[C@@H]1CC=CCC[C@H](O)C(C)(C)[C@@H]2CC[C@@H](C)[C@@]3(O2)O[B-]24O[C@@H](C(=O)O1)[C@@]1(O[C@@H](CC[C@H]1C)C(C)(C)[C@H](O)CCC[C@@H]1C[C@H](OC(=O)[C@@H]3O2)[C@@H](C)O1)O4. The van der Waals surface area contributed by atoms with Crippen molar-refractivity contribution in [3.8, 4) is 0 Å². The van der Waals surface area contributed by atoms with Gasteiger partial charge in [-0.15, -0.1) is 0 Å². The van der Waals surface area contributed by atoms with E-state index in [4.69, 9.17) is 52.8 Å². The van der Waals surface area contributed by atoms with Crippen molar-refractivity contribution in [3.05, 3.63) is 12.2 Å². The summed E-state index contributed by atoms with van der Waals surface area (Å²) in [5.41, 5.74) is 4.48. The van der Waals surface area contributed by atoms with Gasteiger partial charge in [0.1, 0.15) is 24.4 Å². The van der Waals surface area contributed by atoms with Crippen LogP contribution in [-0.2, 0) is 61.4 Å². The molecule has 0 amide bonds. The molecule has 16 nitrogen and oxygen atoms in total. The maximum atomic E-state index is 15.0. The summed E-state index contributed by atoms with van der Waals surface area (Å²) >= 11 is 0. The molecule has 352 valence electrons. The van der Waals surface area contributed by atoms with E-state index in [9.17, 15) is 19.8 Å². The van der Waals surface area contributed by atoms with E-state index in [0.29, 0.717) is 64.2 Å². The monoisotopic (exact) mass is 879 g/mol. The van der Waals surface area contributed by atoms with Crippen molar-refractivity contribution in [2.45, 2.75) is 225 Å². The van der Waals surface area contributed by atoms with Crippen LogP contribution in [0.25, 0.3) is 0 Å². The van der Waals surface area contributed by atoms with Gasteiger partial charge in [-0.25, -0.2) is 9.59 Å². The zero-order valence-corrected chi connectivity index (χ0v) is 38.4. The zero-order chi connectivity index (χ0) is 45.2. The molecular formula is C45H73BNO15-. The van der Waals surface area contributed by atoms with Gasteiger partial charge in [0, 0.05) is 35.5 Å². The third-order valence-corrected chi connectivity index (χ3v) is 15.5. The molecule has 6 saturated heterocycles. The highest BCUT2D eigenvalue weighted by atomic mass is 17.0. The molecule has 7 heterocycles. The van der Waals surface area contributed by atoms with Crippen molar-refractivity contribution in [2.24, 2.45) is 34.3 Å². The Morgan fingerprint density at radius 1 is 0.790 bits per heavy atom. The lowest BCUT2D eigenvalue weighted by Gasteiger charge is -2.52. The highest BCUT2D eigenvalue weighted by Crippen LogP contribution is 2.57. The normalized spacial score (nSPS) is 45.8. The first-order chi connectivity index (χ1) is 29.0. The number of carbonyl (C=O) groups excluding carboxylic acids is 3. The van der Waals surface area contributed by atoms with E-state index in [2.05, 4.69) is 0 Å². The molecule has 1 unspecified atom stereocenters. The number of hydrogen-bond acceptors (Lipinski definition) is 16. The summed E-state index contributed by atoms with van der Waals surface area (Å²) in [5.74, 6) is -7.31. The molecule has 6 fully saturated rings. The molecule has 9 bridgehead atoms. The Bertz CT molecular complexity index is 1680. The standard InChI is InChI=1S/C45H73BNO15/c1-24(2)36(47)39(50)54-27(5)30-16-12-11-13-17-32(48)42(7,8)34-21-19-26(4)45(57-34)38-41(52)56-31-23-29(53-28(31)6)15-14-18-33(49)43(9,10)35-22-20-25(3)44(58-35)37(40(51)55-30)59-46(60-38,61-44)62-45/h11-12,24-38,48-49H,13-23,47H2,1-10H3/q-1/t25-,26-,27-,28-,29-,30+,31+,32+,33-,34+,35+,36-,37+,38+,44+,45-,46?/m1/s1. The largest absolute Gasteiger partial charge is 0.536 e. The third kappa shape index (κ3) is 8.78. The molecule has 17 heteroatoms. The van der Waals surface area contributed by atoms with E-state index in [1.165, 1.54) is 0 Å². The molecule has 3 spiro atoms. The van der Waals surface area contributed by atoms with Crippen LogP contribution in [0.1, 0.15) is 140 Å². The van der Waals surface area contributed by atoms with Crippen LogP contribution in [0.15, 0.2) is 12.2 Å². The molecule has 0 radical (unpaired) electrons. The number of rotatable bonds is 4. The van der Waals surface area contributed by atoms with Gasteiger partial charge in [-0.05, 0) is 77.6 Å². The van der Waals surface area contributed by atoms with E-state index in [1.807, 2.05) is 74.5 Å². The number of fused-ring (bicyclic) bond motifs is 6. The van der Waals surface area contributed by atoms with Crippen LogP contribution >= 0.6 is 0 Å². The van der Waals surface area contributed by atoms with Crippen LogP contribution < -0.4 is 5.73 Å². The quantitative estimate of drug-likeness (QED) is 0.149. The number of esters is 3. The van der Waals surface area contributed by atoms with Crippen molar-refractivity contribution < 1.29 is 71.6 Å². The zero-order valence-electron chi connectivity index (χ0n) is 38.4. The maximum Gasteiger partial charge on any atom is 0.536 e. The summed E-state index contributed by atoms with van der Waals surface area (Å²) in [7, 11) is 0. The molecule has 4 N–H and O–H groups in total. The molecule has 7 rings (SSSR count). The van der Waals surface area contributed by atoms with E-state index in [1.54, 1.807) is 6.92 Å². The lowest BCUT2D eigenvalue weighted by molar-refractivity contribution is -0.311. The van der Waals surface area contributed by atoms with Crippen LogP contribution in [-0.4, -0.2) is 120 Å². The van der Waals surface area contributed by atoms with Crippen molar-refractivity contribution >= 4 is 24.9 Å². The number of cyclic esters (lactones) is 1. The second-order valence-electron chi connectivity index (χ2n) is 20.9. The Kier molecular flexibility index (Phi) is 13.8. The van der Waals surface area contributed by atoms with Crippen molar-refractivity contribution in [3.63, 3.8) is 0 Å². The Hall–Kier alpha value is -2.19. The number of allylic oxidation sites excluding steroid dienone is 1. The highest BCUT2D eigenvalue weighted by molar-refractivity contribution is 6.56. The smallest absolute Gasteiger partial charge is 0.504 e. The van der Waals surface area contributed by atoms with Gasteiger partial charge in [0.05, 0.1) is 36.6 Å². The molecule has 7 aliphatic rings. The molecule has 0 aromatic carbocycles. The summed E-state index contributed by atoms with van der Waals surface area (Å²) in [6.07, 6.45) is -0.362. The molecule has 7 aliphatic heterocycles. The minimum Gasteiger partial charge on any atom is -0.504 e. The Labute approximate surface area is 366 Å². The van der Waals surface area contributed by atoms with E-state index >= 15 is 4.79 Å². The summed E-state index contributed by atoms with van der Waals surface area (Å²) in [6, 6.07) is -0.902.